The van der Waals surface area contributed by atoms with E-state index in [0.29, 0.717) is 29.8 Å². The normalized spacial score (nSPS) is 11.7. The molecule has 0 saturated heterocycles. The highest BCUT2D eigenvalue weighted by Gasteiger charge is 2.13. The highest BCUT2D eigenvalue weighted by Crippen LogP contribution is 2.24. The van der Waals surface area contributed by atoms with Crippen LogP contribution in [-0.4, -0.2) is 53.8 Å². The van der Waals surface area contributed by atoms with E-state index in [-0.39, 0.29) is 11.7 Å². The van der Waals surface area contributed by atoms with Crippen LogP contribution in [0.4, 0.5) is 11.8 Å². The van der Waals surface area contributed by atoms with Crippen molar-refractivity contribution in [2.45, 2.75) is 45.6 Å². The van der Waals surface area contributed by atoms with Crippen molar-refractivity contribution in [1.82, 2.24) is 19.7 Å². The van der Waals surface area contributed by atoms with Gasteiger partial charge >= 0.3 is 0 Å². The van der Waals surface area contributed by atoms with Crippen molar-refractivity contribution in [3.05, 3.63) is 35.5 Å². The lowest BCUT2D eigenvalue weighted by Crippen LogP contribution is -2.07. The first-order valence-electron chi connectivity index (χ1n) is 10.9. The van der Waals surface area contributed by atoms with Gasteiger partial charge < -0.3 is 15.8 Å². The third kappa shape index (κ3) is 6.56. The van der Waals surface area contributed by atoms with Crippen LogP contribution >= 0.6 is 0 Å². The number of aryl methyl sites for hydroxylation is 1. The van der Waals surface area contributed by atoms with Gasteiger partial charge in [0, 0.05) is 24.1 Å². The van der Waals surface area contributed by atoms with Gasteiger partial charge in [-0.1, -0.05) is 25.5 Å². The molecule has 0 fully saturated rings. The number of benzene rings is 1. The zero-order valence-corrected chi connectivity index (χ0v) is 19.8. The molecule has 0 unspecified atom stereocenters. The van der Waals surface area contributed by atoms with E-state index < -0.39 is 9.84 Å². The second kappa shape index (κ2) is 10.6. The van der Waals surface area contributed by atoms with Gasteiger partial charge in [-0.25, -0.2) is 13.4 Å². The summed E-state index contributed by atoms with van der Waals surface area (Å²) in [5, 5.41) is 7.97. The second-order valence-corrected chi connectivity index (χ2v) is 10.3. The standard InChI is InChI=1S/C22H32N6O3S/c1-4-5-11-24-21-20-18(25-22(23)26-21)15-28(27-20)14-17-10-9-16(13-19(17)31-2)8-6-7-12-32(3,29)30/h9-10,13,15H,4-8,11-12,14H2,1-3H3,(H3,23,24,25,26). The zero-order chi connectivity index (χ0) is 23.1. The molecule has 9 nitrogen and oxygen atoms in total. The maximum atomic E-state index is 11.3. The van der Waals surface area contributed by atoms with E-state index in [1.165, 1.54) is 6.26 Å². The van der Waals surface area contributed by atoms with Crippen molar-refractivity contribution in [3.8, 4) is 5.75 Å². The minimum absolute atomic E-state index is 0.217. The van der Waals surface area contributed by atoms with E-state index in [2.05, 4.69) is 33.4 Å². The van der Waals surface area contributed by atoms with E-state index in [4.69, 9.17) is 10.5 Å². The molecular formula is C22H32N6O3S. The number of nitrogens with zero attached hydrogens (tertiary/aromatic N) is 4. The van der Waals surface area contributed by atoms with Gasteiger partial charge in [-0.2, -0.15) is 10.1 Å². The molecule has 2 aromatic heterocycles. The highest BCUT2D eigenvalue weighted by atomic mass is 32.2. The number of hydrogen-bond donors (Lipinski definition) is 2. The van der Waals surface area contributed by atoms with E-state index >= 15 is 0 Å². The average molecular weight is 461 g/mol. The van der Waals surface area contributed by atoms with Crippen molar-refractivity contribution >= 4 is 32.6 Å². The second-order valence-electron chi connectivity index (χ2n) is 8.00. The van der Waals surface area contributed by atoms with Gasteiger partial charge in [-0.3, -0.25) is 4.68 Å². The number of hydrogen-bond acceptors (Lipinski definition) is 8. The number of fused-ring (bicyclic) bond motifs is 1. The minimum atomic E-state index is -2.91. The number of unbranched alkanes of at least 4 members (excludes halogenated alkanes) is 2. The number of nitrogen functional groups attached to an aromatic ring is 1. The maximum Gasteiger partial charge on any atom is 0.222 e. The van der Waals surface area contributed by atoms with Crippen LogP contribution in [0.5, 0.6) is 5.75 Å². The van der Waals surface area contributed by atoms with Crippen molar-refractivity contribution in [3.63, 3.8) is 0 Å². The molecule has 3 N–H and O–H groups in total. The number of sulfone groups is 1. The molecule has 174 valence electrons. The molecule has 1 aromatic carbocycles. The largest absolute Gasteiger partial charge is 0.496 e. The molecule has 3 aromatic rings. The van der Waals surface area contributed by atoms with Gasteiger partial charge in [-0.05, 0) is 37.3 Å². The highest BCUT2D eigenvalue weighted by molar-refractivity contribution is 7.90. The Labute approximate surface area is 189 Å². The summed E-state index contributed by atoms with van der Waals surface area (Å²) in [5.41, 5.74) is 9.36. The summed E-state index contributed by atoms with van der Waals surface area (Å²) in [7, 11) is -1.27. The SMILES string of the molecule is CCCCNc1nc(N)nc2cn(Cc3ccc(CCCCS(C)(=O)=O)cc3OC)nc12. The summed E-state index contributed by atoms with van der Waals surface area (Å²) in [6.07, 6.45) is 7.52. The molecule has 0 amide bonds. The van der Waals surface area contributed by atoms with Crippen molar-refractivity contribution in [2.24, 2.45) is 0 Å². The fourth-order valence-corrected chi connectivity index (χ4v) is 4.24. The number of nitrogens with one attached hydrogen (secondary N) is 1. The van der Waals surface area contributed by atoms with Gasteiger partial charge in [0.15, 0.2) is 11.3 Å². The topological polar surface area (TPSA) is 125 Å². The first-order chi connectivity index (χ1) is 15.3. The van der Waals surface area contributed by atoms with Crippen LogP contribution in [0.2, 0.25) is 0 Å². The molecule has 0 radical (unpaired) electrons. The third-order valence-corrected chi connectivity index (χ3v) is 6.20. The lowest BCUT2D eigenvalue weighted by Gasteiger charge is -2.11. The first kappa shape index (κ1) is 23.8. The molecule has 0 bridgehead atoms. The zero-order valence-electron chi connectivity index (χ0n) is 19.0. The van der Waals surface area contributed by atoms with Gasteiger partial charge in [0.1, 0.15) is 21.1 Å². The van der Waals surface area contributed by atoms with E-state index in [9.17, 15) is 8.42 Å². The predicted molar refractivity (Wildman–Crippen MR) is 128 cm³/mol. The van der Waals surface area contributed by atoms with Crippen LogP contribution in [-0.2, 0) is 22.8 Å². The summed E-state index contributed by atoms with van der Waals surface area (Å²) in [6, 6.07) is 6.09. The first-order valence-corrected chi connectivity index (χ1v) is 12.9. The van der Waals surface area contributed by atoms with Crippen molar-refractivity contribution < 1.29 is 13.2 Å². The van der Waals surface area contributed by atoms with Gasteiger partial charge in [-0.15, -0.1) is 0 Å². The van der Waals surface area contributed by atoms with Crippen LogP contribution < -0.4 is 15.8 Å². The van der Waals surface area contributed by atoms with Gasteiger partial charge in [0.25, 0.3) is 0 Å². The van der Waals surface area contributed by atoms with E-state index in [0.717, 1.165) is 49.1 Å². The number of anilines is 2. The average Bonchev–Trinajstić information content (AvgIpc) is 3.13. The molecule has 0 spiro atoms. The minimum Gasteiger partial charge on any atom is -0.496 e. The quantitative estimate of drug-likeness (QED) is 0.395. The number of nitrogens with two attached hydrogens (primary N) is 1. The molecule has 0 aliphatic carbocycles. The smallest absolute Gasteiger partial charge is 0.222 e. The molecule has 32 heavy (non-hydrogen) atoms. The Kier molecular flexibility index (Phi) is 7.89. The monoisotopic (exact) mass is 460 g/mol. The Morgan fingerprint density at radius 3 is 2.72 bits per heavy atom. The van der Waals surface area contributed by atoms with Crippen LogP contribution in [0.25, 0.3) is 11.0 Å². The lowest BCUT2D eigenvalue weighted by molar-refractivity contribution is 0.407. The van der Waals surface area contributed by atoms with Crippen LogP contribution in [0.3, 0.4) is 0 Å². The molecule has 0 atom stereocenters. The maximum absolute atomic E-state index is 11.3. The van der Waals surface area contributed by atoms with Crippen LogP contribution in [0.1, 0.15) is 43.7 Å². The Morgan fingerprint density at radius 2 is 2.00 bits per heavy atom. The van der Waals surface area contributed by atoms with Crippen molar-refractivity contribution in [2.75, 3.05) is 36.7 Å². The van der Waals surface area contributed by atoms with Crippen LogP contribution in [0, 0.1) is 0 Å². The molecule has 2 heterocycles. The summed E-state index contributed by atoms with van der Waals surface area (Å²) in [4.78, 5) is 8.62. The summed E-state index contributed by atoms with van der Waals surface area (Å²) < 4.78 is 30.0. The number of methoxy groups -OCH3 is 1. The fourth-order valence-electron chi connectivity index (χ4n) is 3.51. The molecular weight excluding hydrogens is 428 g/mol. The Bertz CT molecular complexity index is 1160. The summed E-state index contributed by atoms with van der Waals surface area (Å²) in [5.74, 6) is 1.86. The number of aromatic nitrogens is 4. The molecule has 3 rings (SSSR count). The lowest BCUT2D eigenvalue weighted by atomic mass is 10.1. The van der Waals surface area contributed by atoms with E-state index in [1.54, 1.807) is 7.11 Å². The fraction of sp³-hybridized carbons (Fsp3) is 0.500. The molecule has 0 saturated carbocycles. The third-order valence-electron chi connectivity index (χ3n) is 5.17. The summed E-state index contributed by atoms with van der Waals surface area (Å²) >= 11 is 0. The number of ether oxygens (including phenoxy) is 1. The Morgan fingerprint density at radius 1 is 1.19 bits per heavy atom. The molecule has 0 aliphatic heterocycles. The Balaban J connectivity index is 1.74. The van der Waals surface area contributed by atoms with Crippen molar-refractivity contribution in [1.29, 1.82) is 0 Å². The van der Waals surface area contributed by atoms with Gasteiger partial charge in [0.2, 0.25) is 5.95 Å². The molecule has 10 heteroatoms. The summed E-state index contributed by atoms with van der Waals surface area (Å²) in [6.45, 7) is 3.45. The Hall–Kier alpha value is -2.88. The van der Waals surface area contributed by atoms with Crippen LogP contribution in [0.15, 0.2) is 24.4 Å². The molecule has 0 aliphatic rings. The van der Waals surface area contributed by atoms with Gasteiger partial charge in [0.05, 0.1) is 19.9 Å². The predicted octanol–water partition coefficient (Wildman–Crippen LogP) is 3.04. The van der Waals surface area contributed by atoms with E-state index in [1.807, 2.05) is 23.0 Å². The number of rotatable bonds is 12.